The molecule has 0 saturated carbocycles. The van der Waals surface area contributed by atoms with Crippen LogP contribution in [0, 0.1) is 5.82 Å². The van der Waals surface area contributed by atoms with E-state index in [9.17, 15) is 4.39 Å². The molecule has 0 radical (unpaired) electrons. The van der Waals surface area contributed by atoms with Crippen LogP contribution in [0.5, 0.6) is 0 Å². The Bertz CT molecular complexity index is 692. The Balaban J connectivity index is 2.05. The number of halogens is 2. The fourth-order valence-corrected chi connectivity index (χ4v) is 2.13. The molecule has 0 atom stereocenters. The van der Waals surface area contributed by atoms with Gasteiger partial charge in [0.1, 0.15) is 0 Å². The molecule has 0 amide bonds. The molecule has 2 aromatic heterocycles. The molecule has 3 rings (SSSR count). The maximum atomic E-state index is 13.4. The molecule has 18 heavy (non-hydrogen) atoms. The Labute approximate surface area is 109 Å². The summed E-state index contributed by atoms with van der Waals surface area (Å²) >= 11 is 5.66. The summed E-state index contributed by atoms with van der Waals surface area (Å²) in [5, 5.41) is -0.0834. The Morgan fingerprint density at radius 2 is 1.94 bits per heavy atom. The van der Waals surface area contributed by atoms with Gasteiger partial charge in [0.25, 0.3) is 0 Å². The van der Waals surface area contributed by atoms with Gasteiger partial charge in [-0.1, -0.05) is 41.9 Å². The van der Waals surface area contributed by atoms with E-state index in [1.807, 2.05) is 47.2 Å². The van der Waals surface area contributed by atoms with Gasteiger partial charge in [0, 0.05) is 18.8 Å². The molecule has 0 fully saturated rings. The maximum Gasteiger partial charge on any atom is 0.165 e. The summed E-state index contributed by atoms with van der Waals surface area (Å²) in [6, 6.07) is 13.3. The zero-order valence-electron chi connectivity index (χ0n) is 9.48. The number of fused-ring (bicyclic) bond motifs is 1. The first-order chi connectivity index (χ1) is 8.74. The summed E-state index contributed by atoms with van der Waals surface area (Å²) in [4.78, 5) is 4.01. The van der Waals surface area contributed by atoms with Crippen molar-refractivity contribution in [1.82, 2.24) is 9.55 Å². The molecule has 0 aliphatic carbocycles. The fraction of sp³-hybridized carbons (Fsp3) is 0.0714. The molecular weight excluding hydrogens is 251 g/mol. The SMILES string of the molecule is Fc1cc2c(ccn2Cc2ccccc2)nc1Cl. The normalized spacial score (nSPS) is 11.0. The highest BCUT2D eigenvalue weighted by molar-refractivity contribution is 6.29. The molecule has 0 aliphatic heterocycles. The number of nitrogens with zero attached hydrogens (tertiary/aromatic N) is 2. The van der Waals surface area contributed by atoms with E-state index in [0.29, 0.717) is 12.1 Å². The molecule has 3 aromatic rings. The number of aromatic nitrogens is 2. The zero-order chi connectivity index (χ0) is 12.5. The summed E-state index contributed by atoms with van der Waals surface area (Å²) < 4.78 is 15.4. The number of benzene rings is 1. The smallest absolute Gasteiger partial charge is 0.165 e. The van der Waals surface area contributed by atoms with E-state index in [0.717, 1.165) is 11.1 Å². The van der Waals surface area contributed by atoms with E-state index in [-0.39, 0.29) is 5.15 Å². The van der Waals surface area contributed by atoms with Gasteiger partial charge in [-0.15, -0.1) is 0 Å². The minimum atomic E-state index is -0.489. The number of rotatable bonds is 2. The van der Waals surface area contributed by atoms with Gasteiger partial charge in [0.2, 0.25) is 0 Å². The van der Waals surface area contributed by atoms with Gasteiger partial charge in [-0.05, 0) is 11.6 Å². The summed E-state index contributed by atoms with van der Waals surface area (Å²) in [6.45, 7) is 0.688. The number of pyridine rings is 1. The summed E-state index contributed by atoms with van der Waals surface area (Å²) in [7, 11) is 0. The van der Waals surface area contributed by atoms with Crippen molar-refractivity contribution in [1.29, 1.82) is 0 Å². The molecule has 0 aliphatic rings. The van der Waals surface area contributed by atoms with Crippen LogP contribution in [0.15, 0.2) is 48.7 Å². The van der Waals surface area contributed by atoms with Crippen LogP contribution in [0.25, 0.3) is 11.0 Å². The van der Waals surface area contributed by atoms with E-state index in [4.69, 9.17) is 11.6 Å². The third kappa shape index (κ3) is 1.97. The topological polar surface area (TPSA) is 17.8 Å². The predicted molar refractivity (Wildman–Crippen MR) is 70.2 cm³/mol. The van der Waals surface area contributed by atoms with Gasteiger partial charge >= 0.3 is 0 Å². The van der Waals surface area contributed by atoms with Crippen molar-refractivity contribution in [3.8, 4) is 0 Å². The highest BCUT2D eigenvalue weighted by Crippen LogP contribution is 2.21. The van der Waals surface area contributed by atoms with E-state index >= 15 is 0 Å². The number of hydrogen-bond acceptors (Lipinski definition) is 1. The largest absolute Gasteiger partial charge is 0.342 e. The van der Waals surface area contributed by atoms with Crippen LogP contribution in [0.3, 0.4) is 0 Å². The average Bonchev–Trinajstić information content (AvgIpc) is 2.74. The van der Waals surface area contributed by atoms with Crippen LogP contribution in [0.4, 0.5) is 4.39 Å². The molecule has 0 unspecified atom stereocenters. The minimum absolute atomic E-state index is 0.0834. The molecule has 0 N–H and O–H groups in total. The van der Waals surface area contributed by atoms with Crippen LogP contribution in [-0.4, -0.2) is 9.55 Å². The summed E-state index contributed by atoms with van der Waals surface area (Å²) in [6.07, 6.45) is 1.89. The van der Waals surface area contributed by atoms with Crippen LogP contribution in [0.1, 0.15) is 5.56 Å². The maximum absolute atomic E-state index is 13.4. The molecule has 0 bridgehead atoms. The Morgan fingerprint density at radius 1 is 1.17 bits per heavy atom. The van der Waals surface area contributed by atoms with Crippen molar-refractivity contribution in [2.75, 3.05) is 0 Å². The lowest BCUT2D eigenvalue weighted by atomic mass is 10.2. The van der Waals surface area contributed by atoms with Gasteiger partial charge in [-0.3, -0.25) is 0 Å². The van der Waals surface area contributed by atoms with Crippen molar-refractivity contribution in [2.24, 2.45) is 0 Å². The highest BCUT2D eigenvalue weighted by atomic mass is 35.5. The third-order valence-corrected chi connectivity index (χ3v) is 3.12. The van der Waals surface area contributed by atoms with Crippen molar-refractivity contribution in [2.45, 2.75) is 6.54 Å². The first-order valence-corrected chi connectivity index (χ1v) is 5.96. The molecule has 2 nitrogen and oxygen atoms in total. The third-order valence-electron chi connectivity index (χ3n) is 2.86. The molecule has 2 heterocycles. The van der Waals surface area contributed by atoms with E-state index in [1.165, 1.54) is 6.07 Å². The number of hydrogen-bond donors (Lipinski definition) is 0. The van der Waals surface area contributed by atoms with Gasteiger partial charge < -0.3 is 4.57 Å². The molecular formula is C14H10ClFN2. The van der Waals surface area contributed by atoms with Crippen molar-refractivity contribution < 1.29 is 4.39 Å². The fourth-order valence-electron chi connectivity index (χ4n) is 1.98. The van der Waals surface area contributed by atoms with Crippen molar-refractivity contribution in [3.63, 3.8) is 0 Å². The molecule has 1 aromatic carbocycles. The minimum Gasteiger partial charge on any atom is -0.342 e. The van der Waals surface area contributed by atoms with Crippen LogP contribution >= 0.6 is 11.6 Å². The molecule has 0 saturated heterocycles. The lowest BCUT2D eigenvalue weighted by Gasteiger charge is -2.05. The van der Waals surface area contributed by atoms with Crippen molar-refractivity contribution in [3.05, 3.63) is 65.2 Å². The molecule has 0 spiro atoms. The predicted octanol–water partition coefficient (Wildman–Crippen LogP) is 3.88. The monoisotopic (exact) mass is 260 g/mol. The lowest BCUT2D eigenvalue weighted by molar-refractivity contribution is 0.623. The Morgan fingerprint density at radius 3 is 2.72 bits per heavy atom. The standard InChI is InChI=1S/C14H10ClFN2/c15-14-11(16)8-13-12(17-14)6-7-18(13)9-10-4-2-1-3-5-10/h1-8H,9H2. The van der Waals surface area contributed by atoms with Gasteiger partial charge in [0.05, 0.1) is 11.0 Å². The Hall–Kier alpha value is -1.87. The van der Waals surface area contributed by atoms with E-state index in [2.05, 4.69) is 4.98 Å². The van der Waals surface area contributed by atoms with E-state index < -0.39 is 5.82 Å². The van der Waals surface area contributed by atoms with Crippen molar-refractivity contribution >= 4 is 22.6 Å². The van der Waals surface area contributed by atoms with Crippen LogP contribution in [-0.2, 0) is 6.54 Å². The highest BCUT2D eigenvalue weighted by Gasteiger charge is 2.08. The van der Waals surface area contributed by atoms with Gasteiger partial charge in [-0.2, -0.15) is 0 Å². The van der Waals surface area contributed by atoms with Crippen LogP contribution < -0.4 is 0 Å². The van der Waals surface area contributed by atoms with E-state index in [1.54, 1.807) is 0 Å². The summed E-state index contributed by atoms with van der Waals surface area (Å²) in [5.74, 6) is -0.489. The second kappa shape index (κ2) is 4.42. The summed E-state index contributed by atoms with van der Waals surface area (Å²) in [5.41, 5.74) is 2.61. The van der Waals surface area contributed by atoms with Crippen LogP contribution in [0.2, 0.25) is 5.15 Å². The second-order valence-corrected chi connectivity index (χ2v) is 4.45. The molecule has 90 valence electrons. The first kappa shape index (κ1) is 11.2. The first-order valence-electron chi connectivity index (χ1n) is 5.59. The lowest BCUT2D eigenvalue weighted by Crippen LogP contribution is -1.98. The molecule has 4 heteroatoms. The average molecular weight is 261 g/mol. The second-order valence-electron chi connectivity index (χ2n) is 4.09. The van der Waals surface area contributed by atoms with Gasteiger partial charge in [0.15, 0.2) is 11.0 Å². The Kier molecular flexibility index (Phi) is 2.76. The zero-order valence-corrected chi connectivity index (χ0v) is 10.2. The quantitative estimate of drug-likeness (QED) is 0.640. The van der Waals surface area contributed by atoms with Gasteiger partial charge in [-0.25, -0.2) is 9.37 Å².